The van der Waals surface area contributed by atoms with Gasteiger partial charge in [0, 0.05) is 9.64 Å². The number of carbonyl (C=O) groups is 1. The topological polar surface area (TPSA) is 60.2 Å². The smallest absolute Gasteiger partial charge is 0.282 e. The van der Waals surface area contributed by atoms with Crippen molar-refractivity contribution in [3.63, 3.8) is 0 Å². The van der Waals surface area contributed by atoms with Crippen LogP contribution in [0.2, 0.25) is 5.02 Å². The van der Waals surface area contributed by atoms with E-state index in [1.807, 2.05) is 22.6 Å². The molecule has 0 fully saturated rings. The minimum atomic E-state index is -0.645. The number of benzene rings is 1. The molecule has 0 aliphatic carbocycles. The Morgan fingerprint density at radius 2 is 2.13 bits per heavy atom. The molecule has 0 aliphatic heterocycles. The molecule has 0 radical (unpaired) electrons. The van der Waals surface area contributed by atoms with Crippen LogP contribution in [0, 0.1) is 13.7 Å². The molecule has 80 valence electrons. The van der Waals surface area contributed by atoms with E-state index in [2.05, 4.69) is 0 Å². The molecule has 7 heteroatoms. The number of halogens is 3. The van der Waals surface area contributed by atoms with E-state index < -0.39 is 10.7 Å². The molecule has 1 rings (SSSR count). The lowest BCUT2D eigenvalue weighted by Crippen LogP contribution is -2.06. The van der Waals surface area contributed by atoms with Gasteiger partial charge in [-0.3, -0.25) is 14.9 Å². The lowest BCUT2D eigenvalue weighted by molar-refractivity contribution is -0.385. The molecule has 0 saturated heterocycles. The summed E-state index contributed by atoms with van der Waals surface area (Å²) in [6.07, 6.45) is 0. The maximum absolute atomic E-state index is 11.3. The Hall–Kier alpha value is -0.400. The van der Waals surface area contributed by atoms with E-state index in [0.29, 0.717) is 3.57 Å². The van der Waals surface area contributed by atoms with Gasteiger partial charge in [-0.25, -0.2) is 0 Å². The van der Waals surface area contributed by atoms with E-state index in [4.69, 9.17) is 23.2 Å². The number of rotatable bonds is 3. The first-order chi connectivity index (χ1) is 6.97. The van der Waals surface area contributed by atoms with Crippen LogP contribution in [0.25, 0.3) is 0 Å². The molecule has 0 aromatic heterocycles. The van der Waals surface area contributed by atoms with Gasteiger partial charge >= 0.3 is 0 Å². The summed E-state index contributed by atoms with van der Waals surface area (Å²) in [6.45, 7) is 0. The highest BCUT2D eigenvalue weighted by molar-refractivity contribution is 14.1. The van der Waals surface area contributed by atoms with Crippen molar-refractivity contribution in [3.05, 3.63) is 36.4 Å². The highest BCUT2D eigenvalue weighted by Crippen LogP contribution is 2.29. The second-order valence-electron chi connectivity index (χ2n) is 2.60. The molecule has 4 nitrogen and oxygen atoms in total. The Labute approximate surface area is 109 Å². The maximum atomic E-state index is 11.3. The molecule has 0 saturated carbocycles. The van der Waals surface area contributed by atoms with Gasteiger partial charge < -0.3 is 0 Å². The Morgan fingerprint density at radius 3 is 2.60 bits per heavy atom. The van der Waals surface area contributed by atoms with Crippen LogP contribution in [-0.4, -0.2) is 16.6 Å². The monoisotopic (exact) mass is 359 g/mol. The first kappa shape index (κ1) is 12.7. The van der Waals surface area contributed by atoms with Crippen LogP contribution < -0.4 is 0 Å². The summed E-state index contributed by atoms with van der Waals surface area (Å²) in [5.41, 5.74) is -0.436. The molecule has 1 aromatic carbocycles. The predicted octanol–water partition coefficient (Wildman–Crippen LogP) is 3.27. The highest BCUT2D eigenvalue weighted by atomic mass is 127. The zero-order valence-corrected chi connectivity index (χ0v) is 10.8. The molecule has 0 spiro atoms. The summed E-state index contributed by atoms with van der Waals surface area (Å²) in [7, 11) is 0. The van der Waals surface area contributed by atoms with Crippen LogP contribution >= 0.6 is 45.8 Å². The van der Waals surface area contributed by atoms with E-state index in [1.54, 1.807) is 0 Å². The van der Waals surface area contributed by atoms with Crippen LogP contribution in [0.5, 0.6) is 0 Å². The summed E-state index contributed by atoms with van der Waals surface area (Å²) < 4.78 is 0.593. The van der Waals surface area contributed by atoms with Gasteiger partial charge in [0.2, 0.25) is 0 Å². The molecule has 0 bridgehead atoms. The van der Waals surface area contributed by atoms with Crippen LogP contribution in [0.3, 0.4) is 0 Å². The van der Waals surface area contributed by atoms with Crippen molar-refractivity contribution in [2.75, 3.05) is 5.88 Å². The third-order valence-electron chi connectivity index (χ3n) is 1.63. The average Bonchev–Trinajstić information content (AvgIpc) is 2.15. The zero-order chi connectivity index (χ0) is 11.6. The van der Waals surface area contributed by atoms with E-state index in [9.17, 15) is 14.9 Å². The summed E-state index contributed by atoms with van der Waals surface area (Å²) in [4.78, 5) is 21.4. The van der Waals surface area contributed by atoms with Crippen LogP contribution in [-0.2, 0) is 0 Å². The summed E-state index contributed by atoms with van der Waals surface area (Å²) in [5.74, 6) is -0.883. The van der Waals surface area contributed by atoms with Gasteiger partial charge in [-0.15, -0.1) is 11.6 Å². The Balaban J connectivity index is 3.46. The third-order valence-corrected chi connectivity index (χ3v) is 2.79. The zero-order valence-electron chi connectivity index (χ0n) is 7.17. The molecular weight excluding hydrogens is 356 g/mol. The number of nitro groups is 1. The minimum absolute atomic E-state index is 0.0549. The van der Waals surface area contributed by atoms with Crippen molar-refractivity contribution >= 4 is 57.3 Å². The van der Waals surface area contributed by atoms with Crippen molar-refractivity contribution in [2.45, 2.75) is 0 Å². The van der Waals surface area contributed by atoms with E-state index >= 15 is 0 Å². The number of alkyl halides is 1. The van der Waals surface area contributed by atoms with Gasteiger partial charge in [0.25, 0.3) is 5.69 Å². The van der Waals surface area contributed by atoms with Crippen molar-refractivity contribution in [1.29, 1.82) is 0 Å². The van der Waals surface area contributed by atoms with Gasteiger partial charge in [-0.1, -0.05) is 11.6 Å². The number of hydrogen-bond acceptors (Lipinski definition) is 3. The number of nitro benzene ring substituents is 1. The van der Waals surface area contributed by atoms with Crippen molar-refractivity contribution in [2.24, 2.45) is 0 Å². The van der Waals surface area contributed by atoms with Crippen molar-refractivity contribution in [1.82, 2.24) is 0 Å². The Bertz CT molecular complexity index is 436. The fraction of sp³-hybridized carbons (Fsp3) is 0.125. The molecule has 0 heterocycles. The number of hydrogen-bond donors (Lipinski definition) is 0. The van der Waals surface area contributed by atoms with Gasteiger partial charge in [0.05, 0.1) is 15.8 Å². The second kappa shape index (κ2) is 5.09. The predicted molar refractivity (Wildman–Crippen MR) is 65.9 cm³/mol. The second-order valence-corrected chi connectivity index (χ2v) is 4.52. The standard InChI is InChI=1S/C8H4Cl2INO3/c9-3-7(13)8-5(10)1-4(11)2-6(8)12(14)15/h1-2H,3H2. The van der Waals surface area contributed by atoms with Crippen molar-refractivity contribution < 1.29 is 9.72 Å². The molecule has 15 heavy (non-hydrogen) atoms. The minimum Gasteiger partial charge on any atom is -0.292 e. The SMILES string of the molecule is O=C(CCl)c1c(Cl)cc(I)cc1[N+](=O)[O-]. The molecule has 1 aromatic rings. The highest BCUT2D eigenvalue weighted by Gasteiger charge is 2.23. The molecule has 0 atom stereocenters. The number of nitrogens with zero attached hydrogens (tertiary/aromatic N) is 1. The van der Waals surface area contributed by atoms with Gasteiger partial charge in [-0.2, -0.15) is 0 Å². The van der Waals surface area contributed by atoms with E-state index in [0.717, 1.165) is 0 Å². The lowest BCUT2D eigenvalue weighted by atomic mass is 10.1. The average molecular weight is 360 g/mol. The molecule has 0 N–H and O–H groups in total. The Kier molecular flexibility index (Phi) is 4.30. The van der Waals surface area contributed by atoms with Gasteiger partial charge in [0.1, 0.15) is 5.56 Å². The lowest BCUT2D eigenvalue weighted by Gasteiger charge is -2.03. The summed E-state index contributed by atoms with van der Waals surface area (Å²) >= 11 is 13.0. The van der Waals surface area contributed by atoms with Gasteiger partial charge in [0.15, 0.2) is 5.78 Å². The number of ketones is 1. The van der Waals surface area contributed by atoms with Crippen LogP contribution in [0.4, 0.5) is 5.69 Å². The molecular formula is C8H4Cl2INO3. The number of carbonyl (C=O) groups excluding carboxylic acids is 1. The van der Waals surface area contributed by atoms with Crippen LogP contribution in [0.15, 0.2) is 12.1 Å². The first-order valence-electron chi connectivity index (χ1n) is 3.70. The fourth-order valence-corrected chi connectivity index (χ4v) is 2.29. The molecule has 0 unspecified atom stereocenters. The van der Waals surface area contributed by atoms with Crippen molar-refractivity contribution in [3.8, 4) is 0 Å². The molecule has 0 aliphatic rings. The normalized spacial score (nSPS) is 10.1. The fourth-order valence-electron chi connectivity index (χ4n) is 1.05. The maximum Gasteiger partial charge on any atom is 0.282 e. The number of Topliss-reactive ketones (excluding diaryl/α,β-unsaturated/α-hetero) is 1. The quantitative estimate of drug-likeness (QED) is 0.273. The largest absolute Gasteiger partial charge is 0.292 e. The summed E-state index contributed by atoms with van der Waals surface area (Å²) in [5, 5.41) is 10.7. The van der Waals surface area contributed by atoms with E-state index in [-0.39, 0.29) is 22.2 Å². The third kappa shape index (κ3) is 2.79. The van der Waals surface area contributed by atoms with Crippen LogP contribution in [0.1, 0.15) is 10.4 Å². The van der Waals surface area contributed by atoms with E-state index in [1.165, 1.54) is 12.1 Å². The summed E-state index contributed by atoms with van der Waals surface area (Å²) in [6, 6.07) is 2.76. The first-order valence-corrected chi connectivity index (χ1v) is 5.69. The molecule has 0 amide bonds. The Morgan fingerprint density at radius 1 is 1.53 bits per heavy atom. The van der Waals surface area contributed by atoms with Gasteiger partial charge in [-0.05, 0) is 28.7 Å².